The quantitative estimate of drug-likeness (QED) is 0.364. The Morgan fingerprint density at radius 3 is 2.19 bits per heavy atom. The van der Waals surface area contributed by atoms with Crippen molar-refractivity contribution in [3.8, 4) is 0 Å². The molecule has 0 saturated carbocycles. The smallest absolute Gasteiger partial charge is 0.0701 e. The predicted octanol–water partition coefficient (Wildman–Crippen LogP) is 7.08. The van der Waals surface area contributed by atoms with Gasteiger partial charge in [-0.25, -0.2) is 0 Å². The molecule has 0 fully saturated rings. The van der Waals surface area contributed by atoms with Crippen LogP contribution in [-0.4, -0.2) is 6.54 Å². The van der Waals surface area contributed by atoms with Crippen molar-refractivity contribution in [2.24, 2.45) is 0 Å². The Balaban J connectivity index is 2.18. The van der Waals surface area contributed by atoms with Crippen molar-refractivity contribution in [3.63, 3.8) is 0 Å². The van der Waals surface area contributed by atoms with Gasteiger partial charge in [-0.05, 0) is 47.4 Å². The molecule has 0 saturated heterocycles. The van der Waals surface area contributed by atoms with Gasteiger partial charge in [-0.2, -0.15) is 0 Å². The fraction of sp³-hybridized carbons (Fsp3) is 0.778. The van der Waals surface area contributed by atoms with Crippen LogP contribution in [0, 0.1) is 0 Å². The Bertz CT molecular complexity index is 351. The first-order valence-electron chi connectivity index (χ1n) is 8.76. The molecule has 0 aliphatic rings. The fourth-order valence-electron chi connectivity index (χ4n) is 2.66. The van der Waals surface area contributed by atoms with Gasteiger partial charge < -0.3 is 5.32 Å². The summed E-state index contributed by atoms with van der Waals surface area (Å²) in [5.41, 5.74) is 0. The van der Waals surface area contributed by atoms with Gasteiger partial charge in [0.05, 0.1) is 3.79 Å². The van der Waals surface area contributed by atoms with Crippen LogP contribution < -0.4 is 5.32 Å². The van der Waals surface area contributed by atoms with Crippen molar-refractivity contribution < 1.29 is 0 Å². The molecule has 0 spiro atoms. The van der Waals surface area contributed by atoms with Crippen LogP contribution in [0.1, 0.15) is 89.0 Å². The second-order valence-corrected chi connectivity index (χ2v) is 8.41. The molecule has 122 valence electrons. The summed E-state index contributed by atoms with van der Waals surface area (Å²) in [6, 6.07) is 5.00. The van der Waals surface area contributed by atoms with Crippen molar-refractivity contribution in [2.45, 2.75) is 84.1 Å². The topological polar surface area (TPSA) is 12.0 Å². The van der Waals surface area contributed by atoms with E-state index in [9.17, 15) is 0 Å². The van der Waals surface area contributed by atoms with Gasteiger partial charge in [0.1, 0.15) is 0 Å². The average Bonchev–Trinajstić information content (AvgIpc) is 2.91. The third kappa shape index (κ3) is 9.00. The molecule has 1 aromatic rings. The zero-order chi connectivity index (χ0) is 15.3. The summed E-state index contributed by atoms with van der Waals surface area (Å²) in [5.74, 6) is 0. The number of rotatable bonds is 13. The van der Waals surface area contributed by atoms with Crippen LogP contribution in [0.3, 0.4) is 0 Å². The van der Waals surface area contributed by atoms with Gasteiger partial charge in [-0.15, -0.1) is 11.3 Å². The molecule has 0 aliphatic carbocycles. The number of nitrogens with one attached hydrogen (secondary N) is 1. The van der Waals surface area contributed by atoms with E-state index in [2.05, 4.69) is 47.2 Å². The van der Waals surface area contributed by atoms with Crippen LogP contribution in [0.5, 0.6) is 0 Å². The van der Waals surface area contributed by atoms with Gasteiger partial charge in [-0.3, -0.25) is 0 Å². The lowest BCUT2D eigenvalue weighted by atomic mass is 10.0. The van der Waals surface area contributed by atoms with E-state index in [0.29, 0.717) is 6.04 Å². The zero-order valence-electron chi connectivity index (χ0n) is 13.8. The van der Waals surface area contributed by atoms with E-state index in [1.165, 1.54) is 72.9 Å². The van der Waals surface area contributed by atoms with Gasteiger partial charge in [0.15, 0.2) is 0 Å². The molecule has 1 heterocycles. The van der Waals surface area contributed by atoms with E-state index in [-0.39, 0.29) is 0 Å². The Morgan fingerprint density at radius 2 is 1.62 bits per heavy atom. The molecule has 1 nitrogen and oxygen atoms in total. The highest BCUT2D eigenvalue weighted by molar-refractivity contribution is 9.11. The molecule has 0 bridgehead atoms. The summed E-state index contributed by atoms with van der Waals surface area (Å²) in [6.45, 7) is 5.65. The van der Waals surface area contributed by atoms with Crippen molar-refractivity contribution >= 4 is 27.3 Å². The standard InChI is InChI=1S/C18H32BrNS/c1-3-5-6-7-8-9-10-11-12-16(20-15-4-2)17-13-14-18(19)21-17/h13-14,16,20H,3-12,15H2,1-2H3. The molecule has 1 aromatic heterocycles. The van der Waals surface area contributed by atoms with Crippen LogP contribution in [0.25, 0.3) is 0 Å². The second-order valence-electron chi connectivity index (χ2n) is 5.91. The first kappa shape index (κ1) is 19.2. The minimum Gasteiger partial charge on any atom is -0.309 e. The number of hydrogen-bond donors (Lipinski definition) is 1. The molecule has 0 radical (unpaired) electrons. The maximum Gasteiger partial charge on any atom is 0.0701 e. The molecule has 1 atom stereocenters. The summed E-state index contributed by atoms with van der Waals surface area (Å²) < 4.78 is 1.25. The highest BCUT2D eigenvalue weighted by Crippen LogP contribution is 2.30. The van der Waals surface area contributed by atoms with Crippen molar-refractivity contribution in [2.75, 3.05) is 6.54 Å². The van der Waals surface area contributed by atoms with Crippen LogP contribution in [0.4, 0.5) is 0 Å². The molecule has 0 aliphatic heterocycles. The molecule has 1 rings (SSSR count). The zero-order valence-corrected chi connectivity index (χ0v) is 16.2. The van der Waals surface area contributed by atoms with Gasteiger partial charge >= 0.3 is 0 Å². The van der Waals surface area contributed by atoms with E-state index < -0.39 is 0 Å². The number of thiophene rings is 1. The molecular weight excluding hydrogens is 342 g/mol. The molecule has 1 N–H and O–H groups in total. The lowest BCUT2D eigenvalue weighted by Crippen LogP contribution is -2.21. The third-order valence-corrected chi connectivity index (χ3v) is 5.66. The molecular formula is C18H32BrNS. The molecule has 0 amide bonds. The largest absolute Gasteiger partial charge is 0.309 e. The van der Waals surface area contributed by atoms with Crippen LogP contribution in [0.2, 0.25) is 0 Å². The van der Waals surface area contributed by atoms with Gasteiger partial charge in [0, 0.05) is 10.9 Å². The summed E-state index contributed by atoms with van der Waals surface area (Å²) >= 11 is 5.46. The fourth-order valence-corrected chi connectivity index (χ4v) is 4.20. The first-order valence-corrected chi connectivity index (χ1v) is 10.4. The van der Waals surface area contributed by atoms with E-state index >= 15 is 0 Å². The first-order chi connectivity index (χ1) is 10.3. The van der Waals surface area contributed by atoms with Crippen LogP contribution in [0.15, 0.2) is 15.9 Å². The van der Waals surface area contributed by atoms with Crippen molar-refractivity contribution in [1.82, 2.24) is 5.32 Å². The van der Waals surface area contributed by atoms with Gasteiger partial charge in [0.2, 0.25) is 0 Å². The Labute approximate surface area is 144 Å². The third-order valence-electron chi connectivity index (χ3n) is 3.92. The van der Waals surface area contributed by atoms with Crippen molar-refractivity contribution in [3.05, 3.63) is 20.8 Å². The molecule has 0 aromatic carbocycles. The van der Waals surface area contributed by atoms with Crippen molar-refractivity contribution in [1.29, 1.82) is 0 Å². The summed E-state index contributed by atoms with van der Waals surface area (Å²) in [5, 5.41) is 3.71. The maximum atomic E-state index is 3.71. The lowest BCUT2D eigenvalue weighted by molar-refractivity contribution is 0.470. The SMILES string of the molecule is CCCCCCCCCCC(NCCC)c1ccc(Br)s1. The highest BCUT2D eigenvalue weighted by Gasteiger charge is 2.12. The number of hydrogen-bond acceptors (Lipinski definition) is 2. The Morgan fingerprint density at radius 1 is 0.952 bits per heavy atom. The Kier molecular flexibility index (Phi) is 11.6. The molecule has 1 unspecified atom stereocenters. The maximum absolute atomic E-state index is 3.71. The predicted molar refractivity (Wildman–Crippen MR) is 100 cm³/mol. The van der Waals surface area contributed by atoms with E-state index in [4.69, 9.17) is 0 Å². The van der Waals surface area contributed by atoms with E-state index in [0.717, 1.165) is 6.54 Å². The van der Waals surface area contributed by atoms with Crippen LogP contribution >= 0.6 is 27.3 Å². The lowest BCUT2D eigenvalue weighted by Gasteiger charge is -2.17. The van der Waals surface area contributed by atoms with E-state index in [1.807, 2.05) is 11.3 Å². The minimum absolute atomic E-state index is 0.557. The van der Waals surface area contributed by atoms with Gasteiger partial charge in [0.25, 0.3) is 0 Å². The van der Waals surface area contributed by atoms with Crippen LogP contribution in [-0.2, 0) is 0 Å². The summed E-state index contributed by atoms with van der Waals surface area (Å²) in [4.78, 5) is 1.48. The number of unbranched alkanes of at least 4 members (excludes halogenated alkanes) is 7. The average molecular weight is 374 g/mol. The second kappa shape index (κ2) is 12.7. The number of halogens is 1. The minimum atomic E-state index is 0.557. The highest BCUT2D eigenvalue weighted by atomic mass is 79.9. The Hall–Kier alpha value is 0.140. The summed E-state index contributed by atoms with van der Waals surface area (Å²) in [6.07, 6.45) is 13.7. The molecule has 21 heavy (non-hydrogen) atoms. The monoisotopic (exact) mass is 373 g/mol. The normalized spacial score (nSPS) is 12.7. The van der Waals surface area contributed by atoms with E-state index in [1.54, 1.807) is 0 Å². The summed E-state index contributed by atoms with van der Waals surface area (Å²) in [7, 11) is 0. The van der Waals surface area contributed by atoms with Gasteiger partial charge in [-0.1, -0.05) is 65.2 Å². The molecule has 3 heteroatoms.